The molecule has 4 N–H and O–H groups in total. The molecular weight excluding hydrogens is 530 g/mol. The normalized spacial score (nSPS) is 19.8. The van der Waals surface area contributed by atoms with Crippen molar-refractivity contribution in [1.82, 2.24) is 10.2 Å². The molecule has 0 bridgehead atoms. The van der Waals surface area contributed by atoms with E-state index in [9.17, 15) is 29.1 Å². The van der Waals surface area contributed by atoms with Crippen LogP contribution in [0, 0.1) is 17.8 Å². The second-order valence-electron chi connectivity index (χ2n) is 11.3. The maximum Gasteiger partial charge on any atom is 0.329 e. The Morgan fingerprint density at radius 3 is 2.22 bits per heavy atom. The molecule has 0 aromatic heterocycles. The van der Waals surface area contributed by atoms with Crippen molar-refractivity contribution in [2.24, 2.45) is 23.5 Å². The molecule has 1 fully saturated rings. The minimum Gasteiger partial charge on any atom is -0.481 e. The second kappa shape index (κ2) is 15.5. The van der Waals surface area contributed by atoms with Gasteiger partial charge in [0.1, 0.15) is 24.3 Å². The predicted molar refractivity (Wildman–Crippen MR) is 151 cm³/mol. The molecule has 0 aliphatic carbocycles. The predicted octanol–water partition coefficient (Wildman–Crippen LogP) is 2.30. The molecule has 6 atom stereocenters. The van der Waals surface area contributed by atoms with Gasteiger partial charge in [-0.2, -0.15) is 0 Å². The van der Waals surface area contributed by atoms with E-state index in [2.05, 4.69) is 5.32 Å². The zero-order valence-corrected chi connectivity index (χ0v) is 24.9. The van der Waals surface area contributed by atoms with Crippen molar-refractivity contribution < 1.29 is 38.6 Å². The lowest BCUT2D eigenvalue weighted by Gasteiger charge is -2.36. The number of amides is 2. The lowest BCUT2D eigenvalue weighted by Crippen LogP contribution is -2.56. The van der Waals surface area contributed by atoms with Gasteiger partial charge in [-0.1, -0.05) is 71.9 Å². The molecule has 0 unspecified atom stereocenters. The summed E-state index contributed by atoms with van der Waals surface area (Å²) in [5.41, 5.74) is 6.92. The lowest BCUT2D eigenvalue weighted by molar-refractivity contribution is -0.169. The van der Waals surface area contributed by atoms with Crippen LogP contribution < -0.4 is 11.1 Å². The number of carbonyl (C=O) groups is 5. The second-order valence-corrected chi connectivity index (χ2v) is 11.3. The summed E-state index contributed by atoms with van der Waals surface area (Å²) in [6, 6.07) is 5.95. The quantitative estimate of drug-likeness (QED) is 0.282. The van der Waals surface area contributed by atoms with Gasteiger partial charge in [0.2, 0.25) is 11.8 Å². The Morgan fingerprint density at radius 2 is 1.68 bits per heavy atom. The molecule has 1 aliphatic heterocycles. The number of carbonyl (C=O) groups excluding carboxylic acids is 4. The van der Waals surface area contributed by atoms with Crippen LogP contribution in [0.5, 0.6) is 0 Å². The highest BCUT2D eigenvalue weighted by molar-refractivity contribution is 5.86. The Kier molecular flexibility index (Phi) is 12.8. The fourth-order valence-corrected chi connectivity index (χ4v) is 4.55. The van der Waals surface area contributed by atoms with E-state index in [1.165, 1.54) is 4.90 Å². The van der Waals surface area contributed by atoms with Crippen molar-refractivity contribution in [2.45, 2.75) is 97.6 Å². The molecular formula is C30H45N3O8. The van der Waals surface area contributed by atoms with Crippen LogP contribution in [0.2, 0.25) is 0 Å². The molecule has 11 heteroatoms. The van der Waals surface area contributed by atoms with Crippen LogP contribution in [0.3, 0.4) is 0 Å². The maximum absolute atomic E-state index is 13.6. The van der Waals surface area contributed by atoms with E-state index in [1.807, 2.05) is 13.0 Å². The number of ether oxygens (including phenoxy) is 2. The smallest absolute Gasteiger partial charge is 0.329 e. The number of likely N-dealkylation sites (tertiary alicyclic amines) is 1. The SMILES string of the molecule is CC[C@H](C)C(=O)N[C@@H](Cc1ccccc1)C(=O)O[C@H](CC(=O)O)[C@@H]1[C@H](OC(=O)C(C)C)CCN1C(=O)[C@@H](N)C(C)C. The van der Waals surface area contributed by atoms with E-state index >= 15 is 0 Å². The molecule has 0 saturated carbocycles. The Bertz CT molecular complexity index is 1060. The third kappa shape index (κ3) is 9.55. The molecule has 1 aromatic rings. The standard InChI is InChI=1S/C30H45N3O8/c1-7-19(6)27(36)32-21(15-20-11-9-8-10-12-20)30(39)41-23(16-24(34)35)26-22(40-29(38)18(4)5)13-14-33(26)28(37)25(31)17(2)3/h8-12,17-19,21-23,25-26H,7,13-16,31H2,1-6H3,(H,32,36)(H,34,35)/t19-,21-,22+,23+,25-,26-/m0/s1. The first-order chi connectivity index (χ1) is 19.3. The lowest BCUT2D eigenvalue weighted by atomic mass is 9.99. The molecule has 2 amide bonds. The third-order valence-electron chi connectivity index (χ3n) is 7.39. The van der Waals surface area contributed by atoms with E-state index < -0.39 is 66.5 Å². The van der Waals surface area contributed by atoms with Gasteiger partial charge < -0.3 is 30.5 Å². The van der Waals surface area contributed by atoms with Crippen molar-refractivity contribution in [3.8, 4) is 0 Å². The summed E-state index contributed by atoms with van der Waals surface area (Å²) in [7, 11) is 0. The van der Waals surface area contributed by atoms with Gasteiger partial charge in [-0.15, -0.1) is 0 Å². The van der Waals surface area contributed by atoms with Crippen molar-refractivity contribution in [3.63, 3.8) is 0 Å². The number of esters is 2. The summed E-state index contributed by atoms with van der Waals surface area (Å²) in [5.74, 6) is -4.49. The van der Waals surface area contributed by atoms with E-state index in [-0.39, 0.29) is 37.1 Å². The number of rotatable bonds is 14. The largest absolute Gasteiger partial charge is 0.481 e. The number of benzene rings is 1. The third-order valence-corrected chi connectivity index (χ3v) is 7.39. The van der Waals surface area contributed by atoms with Crippen molar-refractivity contribution in [2.75, 3.05) is 6.54 Å². The first kappa shape index (κ1) is 33.7. The first-order valence-electron chi connectivity index (χ1n) is 14.3. The fraction of sp³-hybridized carbons (Fsp3) is 0.633. The molecule has 1 heterocycles. The highest BCUT2D eigenvalue weighted by atomic mass is 16.6. The number of aliphatic carboxylic acids is 1. The minimum absolute atomic E-state index is 0.110. The van der Waals surface area contributed by atoms with Gasteiger partial charge in [-0.3, -0.25) is 19.2 Å². The van der Waals surface area contributed by atoms with E-state index in [0.29, 0.717) is 6.42 Å². The van der Waals surface area contributed by atoms with Crippen LogP contribution in [0.1, 0.15) is 66.4 Å². The van der Waals surface area contributed by atoms with Gasteiger partial charge in [0, 0.05) is 25.3 Å². The fourth-order valence-electron chi connectivity index (χ4n) is 4.55. The van der Waals surface area contributed by atoms with Crippen LogP contribution in [0.4, 0.5) is 0 Å². The van der Waals surface area contributed by atoms with Gasteiger partial charge in [0.05, 0.1) is 18.4 Å². The monoisotopic (exact) mass is 575 g/mol. The molecule has 2 rings (SSSR count). The molecule has 1 aliphatic rings. The van der Waals surface area contributed by atoms with Crippen LogP contribution in [-0.4, -0.2) is 76.6 Å². The van der Waals surface area contributed by atoms with Crippen molar-refractivity contribution in [3.05, 3.63) is 35.9 Å². The Morgan fingerprint density at radius 1 is 1.05 bits per heavy atom. The highest BCUT2D eigenvalue weighted by Crippen LogP contribution is 2.29. The molecule has 41 heavy (non-hydrogen) atoms. The number of carboxylic acids is 1. The van der Waals surface area contributed by atoms with Crippen molar-refractivity contribution >= 4 is 29.7 Å². The van der Waals surface area contributed by atoms with E-state index in [0.717, 1.165) is 5.56 Å². The summed E-state index contributed by atoms with van der Waals surface area (Å²) in [6.07, 6.45) is -2.03. The van der Waals surface area contributed by atoms with Gasteiger partial charge in [0.15, 0.2) is 0 Å². The van der Waals surface area contributed by atoms with Gasteiger partial charge in [0.25, 0.3) is 0 Å². The van der Waals surface area contributed by atoms with Crippen molar-refractivity contribution in [1.29, 1.82) is 0 Å². The van der Waals surface area contributed by atoms with Crippen LogP contribution in [0.15, 0.2) is 30.3 Å². The zero-order valence-electron chi connectivity index (χ0n) is 24.9. The number of carboxylic acid groups (broad SMARTS) is 1. The first-order valence-corrected chi connectivity index (χ1v) is 14.3. The Labute approximate surface area is 242 Å². The maximum atomic E-state index is 13.6. The Balaban J connectivity index is 2.46. The average Bonchev–Trinajstić information content (AvgIpc) is 3.34. The van der Waals surface area contributed by atoms with E-state index in [1.54, 1.807) is 58.9 Å². The molecule has 1 aromatic carbocycles. The molecule has 0 spiro atoms. The summed E-state index contributed by atoms with van der Waals surface area (Å²) < 4.78 is 11.5. The average molecular weight is 576 g/mol. The molecule has 0 radical (unpaired) electrons. The summed E-state index contributed by atoms with van der Waals surface area (Å²) in [6.45, 7) is 10.6. The van der Waals surface area contributed by atoms with E-state index in [4.69, 9.17) is 15.2 Å². The summed E-state index contributed by atoms with van der Waals surface area (Å²) in [5, 5.41) is 12.5. The number of nitrogens with zero attached hydrogens (tertiary/aromatic N) is 1. The minimum atomic E-state index is -1.37. The van der Waals surface area contributed by atoms with Gasteiger partial charge in [-0.05, 0) is 17.9 Å². The summed E-state index contributed by atoms with van der Waals surface area (Å²) >= 11 is 0. The number of nitrogens with two attached hydrogens (primary N) is 1. The topological polar surface area (TPSA) is 165 Å². The van der Waals surface area contributed by atoms with Gasteiger partial charge in [-0.25, -0.2) is 4.79 Å². The highest BCUT2D eigenvalue weighted by Gasteiger charge is 2.48. The van der Waals surface area contributed by atoms with Crippen LogP contribution >= 0.6 is 0 Å². The zero-order chi connectivity index (χ0) is 30.9. The Hall–Kier alpha value is -3.47. The number of nitrogens with one attached hydrogen (secondary N) is 1. The van der Waals surface area contributed by atoms with Crippen LogP contribution in [0.25, 0.3) is 0 Å². The molecule has 228 valence electrons. The summed E-state index contributed by atoms with van der Waals surface area (Å²) in [4.78, 5) is 65.7. The molecule has 11 nitrogen and oxygen atoms in total. The number of hydrogen-bond acceptors (Lipinski definition) is 8. The molecule has 1 saturated heterocycles. The number of hydrogen-bond donors (Lipinski definition) is 3. The van der Waals surface area contributed by atoms with Gasteiger partial charge >= 0.3 is 17.9 Å². The van der Waals surface area contributed by atoms with Crippen LogP contribution in [-0.2, 0) is 39.9 Å².